The molecule has 0 aliphatic rings. The van der Waals surface area contributed by atoms with Crippen molar-refractivity contribution in [2.75, 3.05) is 13.7 Å². The van der Waals surface area contributed by atoms with Gasteiger partial charge in [0.1, 0.15) is 5.75 Å². The zero-order valence-corrected chi connectivity index (χ0v) is 14.2. The van der Waals surface area contributed by atoms with E-state index >= 15 is 0 Å². The molecule has 3 aromatic rings. The van der Waals surface area contributed by atoms with Gasteiger partial charge in [-0.05, 0) is 47.4 Å². The molecule has 3 heteroatoms. The molecule has 0 radical (unpaired) electrons. The SMILES string of the molecule is COc1ccc(CCNC(=O)c2ccc(-c3ccccc3)cc2)cc1. The van der Waals surface area contributed by atoms with Crippen LogP contribution in [-0.2, 0) is 6.42 Å². The first-order chi connectivity index (χ1) is 12.3. The van der Waals surface area contributed by atoms with Crippen molar-refractivity contribution in [1.29, 1.82) is 0 Å². The maximum absolute atomic E-state index is 12.3. The van der Waals surface area contributed by atoms with Crippen LogP contribution in [0.4, 0.5) is 0 Å². The van der Waals surface area contributed by atoms with Gasteiger partial charge < -0.3 is 10.1 Å². The summed E-state index contributed by atoms with van der Waals surface area (Å²) in [7, 11) is 1.65. The van der Waals surface area contributed by atoms with Gasteiger partial charge in [0.05, 0.1) is 7.11 Å². The van der Waals surface area contributed by atoms with Crippen molar-refractivity contribution in [3.63, 3.8) is 0 Å². The second-order valence-corrected chi connectivity index (χ2v) is 5.80. The summed E-state index contributed by atoms with van der Waals surface area (Å²) >= 11 is 0. The van der Waals surface area contributed by atoms with E-state index in [1.165, 1.54) is 5.56 Å². The van der Waals surface area contributed by atoms with E-state index in [0.717, 1.165) is 23.3 Å². The van der Waals surface area contributed by atoms with Crippen LogP contribution in [0.3, 0.4) is 0 Å². The Labute approximate surface area is 148 Å². The Kier molecular flexibility index (Phi) is 5.47. The molecule has 0 aromatic heterocycles. The van der Waals surface area contributed by atoms with E-state index in [-0.39, 0.29) is 5.91 Å². The number of methoxy groups -OCH3 is 1. The second-order valence-electron chi connectivity index (χ2n) is 5.80. The third kappa shape index (κ3) is 4.48. The van der Waals surface area contributed by atoms with Gasteiger partial charge in [-0.1, -0.05) is 54.6 Å². The Morgan fingerprint density at radius 3 is 2.12 bits per heavy atom. The minimum Gasteiger partial charge on any atom is -0.497 e. The summed E-state index contributed by atoms with van der Waals surface area (Å²) in [5, 5.41) is 2.97. The lowest BCUT2D eigenvalue weighted by Gasteiger charge is -2.07. The summed E-state index contributed by atoms with van der Waals surface area (Å²) in [4.78, 5) is 12.3. The normalized spacial score (nSPS) is 10.3. The quantitative estimate of drug-likeness (QED) is 0.730. The van der Waals surface area contributed by atoms with Gasteiger partial charge >= 0.3 is 0 Å². The summed E-state index contributed by atoms with van der Waals surface area (Å²) in [6.45, 7) is 0.603. The van der Waals surface area contributed by atoms with Crippen molar-refractivity contribution < 1.29 is 9.53 Å². The van der Waals surface area contributed by atoms with Crippen LogP contribution in [0.15, 0.2) is 78.9 Å². The van der Waals surface area contributed by atoms with Gasteiger partial charge in [-0.15, -0.1) is 0 Å². The van der Waals surface area contributed by atoms with Gasteiger partial charge in [0, 0.05) is 12.1 Å². The fourth-order valence-electron chi connectivity index (χ4n) is 2.66. The van der Waals surface area contributed by atoms with Crippen LogP contribution in [0.1, 0.15) is 15.9 Å². The number of carbonyl (C=O) groups is 1. The number of nitrogens with one attached hydrogen (secondary N) is 1. The van der Waals surface area contributed by atoms with E-state index in [1.807, 2.05) is 66.7 Å². The standard InChI is InChI=1S/C22H21NO2/c1-25-21-13-7-17(8-14-21)15-16-23-22(24)20-11-9-19(10-12-20)18-5-3-2-4-6-18/h2-14H,15-16H2,1H3,(H,23,24). The van der Waals surface area contributed by atoms with Crippen molar-refractivity contribution in [2.24, 2.45) is 0 Å². The molecule has 0 bridgehead atoms. The number of benzene rings is 3. The van der Waals surface area contributed by atoms with Gasteiger partial charge in [0.15, 0.2) is 0 Å². The molecule has 3 rings (SSSR count). The van der Waals surface area contributed by atoms with Crippen molar-refractivity contribution >= 4 is 5.91 Å². The Bertz CT molecular complexity index is 809. The summed E-state index contributed by atoms with van der Waals surface area (Å²) < 4.78 is 5.14. The van der Waals surface area contributed by atoms with E-state index in [9.17, 15) is 4.79 Å². The van der Waals surface area contributed by atoms with Crippen LogP contribution < -0.4 is 10.1 Å². The van der Waals surface area contributed by atoms with E-state index in [4.69, 9.17) is 4.74 Å². The summed E-state index contributed by atoms with van der Waals surface area (Å²) in [6.07, 6.45) is 0.790. The highest BCUT2D eigenvalue weighted by Crippen LogP contribution is 2.19. The molecule has 25 heavy (non-hydrogen) atoms. The first-order valence-corrected chi connectivity index (χ1v) is 8.33. The highest BCUT2D eigenvalue weighted by Gasteiger charge is 2.05. The van der Waals surface area contributed by atoms with Crippen LogP contribution >= 0.6 is 0 Å². The van der Waals surface area contributed by atoms with Crippen LogP contribution in [0, 0.1) is 0 Å². The van der Waals surface area contributed by atoms with E-state index in [1.54, 1.807) is 7.11 Å². The van der Waals surface area contributed by atoms with Crippen LogP contribution in [-0.4, -0.2) is 19.6 Å². The highest BCUT2D eigenvalue weighted by molar-refractivity contribution is 5.94. The lowest BCUT2D eigenvalue weighted by Crippen LogP contribution is -2.25. The molecular formula is C22H21NO2. The van der Waals surface area contributed by atoms with Gasteiger partial charge in [-0.2, -0.15) is 0 Å². The number of ether oxygens (including phenoxy) is 1. The van der Waals surface area contributed by atoms with Crippen LogP contribution in [0.5, 0.6) is 5.75 Å². The van der Waals surface area contributed by atoms with Crippen LogP contribution in [0.25, 0.3) is 11.1 Å². The fraction of sp³-hybridized carbons (Fsp3) is 0.136. The predicted octanol–water partition coefficient (Wildman–Crippen LogP) is 4.33. The van der Waals surface area contributed by atoms with Gasteiger partial charge in [0.2, 0.25) is 0 Å². The molecular weight excluding hydrogens is 310 g/mol. The van der Waals surface area contributed by atoms with E-state index in [0.29, 0.717) is 12.1 Å². The van der Waals surface area contributed by atoms with E-state index < -0.39 is 0 Å². The Morgan fingerprint density at radius 1 is 0.840 bits per heavy atom. The zero-order chi connectivity index (χ0) is 17.5. The average Bonchev–Trinajstić information content (AvgIpc) is 2.69. The molecule has 0 saturated carbocycles. The first-order valence-electron chi connectivity index (χ1n) is 8.33. The molecule has 3 aromatic carbocycles. The molecule has 0 unspecified atom stereocenters. The minimum absolute atomic E-state index is 0.0480. The molecule has 1 amide bonds. The van der Waals surface area contributed by atoms with Gasteiger partial charge in [0.25, 0.3) is 5.91 Å². The minimum atomic E-state index is -0.0480. The van der Waals surface area contributed by atoms with Gasteiger partial charge in [-0.25, -0.2) is 0 Å². The molecule has 3 nitrogen and oxygen atoms in total. The molecule has 1 N–H and O–H groups in total. The maximum atomic E-state index is 12.3. The van der Waals surface area contributed by atoms with Crippen molar-refractivity contribution in [1.82, 2.24) is 5.32 Å². The maximum Gasteiger partial charge on any atom is 0.251 e. The molecule has 0 aliphatic carbocycles. The van der Waals surface area contributed by atoms with Crippen LogP contribution in [0.2, 0.25) is 0 Å². The molecule has 0 spiro atoms. The smallest absolute Gasteiger partial charge is 0.251 e. The average molecular weight is 331 g/mol. The largest absolute Gasteiger partial charge is 0.497 e. The molecule has 126 valence electrons. The Balaban J connectivity index is 1.54. The third-order valence-corrected chi connectivity index (χ3v) is 4.11. The predicted molar refractivity (Wildman–Crippen MR) is 101 cm³/mol. The van der Waals surface area contributed by atoms with Crippen molar-refractivity contribution in [3.05, 3.63) is 90.0 Å². The van der Waals surface area contributed by atoms with E-state index in [2.05, 4.69) is 17.4 Å². The lowest BCUT2D eigenvalue weighted by atomic mass is 10.0. The number of hydrogen-bond donors (Lipinski definition) is 1. The zero-order valence-electron chi connectivity index (χ0n) is 14.2. The number of rotatable bonds is 6. The molecule has 0 fully saturated rings. The topological polar surface area (TPSA) is 38.3 Å². The number of amides is 1. The molecule has 0 heterocycles. The monoisotopic (exact) mass is 331 g/mol. The Hall–Kier alpha value is -3.07. The number of hydrogen-bond acceptors (Lipinski definition) is 2. The molecule has 0 saturated heterocycles. The molecule has 0 aliphatic heterocycles. The van der Waals surface area contributed by atoms with Crippen molar-refractivity contribution in [3.8, 4) is 16.9 Å². The summed E-state index contributed by atoms with van der Waals surface area (Å²) in [5.74, 6) is 0.791. The summed E-state index contributed by atoms with van der Waals surface area (Å²) in [6, 6.07) is 25.7. The first kappa shape index (κ1) is 16.8. The Morgan fingerprint density at radius 2 is 1.48 bits per heavy atom. The van der Waals surface area contributed by atoms with Gasteiger partial charge in [-0.3, -0.25) is 4.79 Å². The third-order valence-electron chi connectivity index (χ3n) is 4.11. The molecule has 0 atom stereocenters. The fourth-order valence-corrected chi connectivity index (χ4v) is 2.66. The van der Waals surface area contributed by atoms with Crippen molar-refractivity contribution in [2.45, 2.75) is 6.42 Å². The lowest BCUT2D eigenvalue weighted by molar-refractivity contribution is 0.0954. The second kappa shape index (κ2) is 8.15. The summed E-state index contributed by atoms with van der Waals surface area (Å²) in [5.41, 5.74) is 4.10. The number of carbonyl (C=O) groups excluding carboxylic acids is 1. The highest BCUT2D eigenvalue weighted by atomic mass is 16.5.